The number of allylic oxidation sites excluding steroid dienone is 2. The van der Waals surface area contributed by atoms with Gasteiger partial charge in [-0.05, 0) is 0 Å². The van der Waals surface area contributed by atoms with E-state index >= 15 is 0 Å². The van der Waals surface area contributed by atoms with Crippen LogP contribution in [-0.4, -0.2) is 5.92 Å². The Balaban J connectivity index is 1.59. The summed E-state index contributed by atoms with van der Waals surface area (Å²) in [5, 5.41) is 0. The predicted molar refractivity (Wildman–Crippen MR) is 251 cm³/mol. The molecule has 0 radical (unpaired) electrons. The molecule has 0 fully saturated rings. The van der Waals surface area contributed by atoms with E-state index < -0.39 is 21.5 Å². The van der Waals surface area contributed by atoms with Crippen molar-refractivity contribution in [1.82, 2.24) is 0 Å². The van der Waals surface area contributed by atoms with E-state index in [-0.39, 0.29) is 28.9 Å². The normalized spacial score (nSPS) is 18.4. The van der Waals surface area contributed by atoms with Crippen LogP contribution < -0.4 is 0 Å². The molecule has 56 heavy (non-hydrogen) atoms. The summed E-state index contributed by atoms with van der Waals surface area (Å²) in [6.07, 6.45) is 6.91. The third kappa shape index (κ3) is 7.55. The SMILES string of the molecule is CCC1=Cc2c(-c3cc(C(C)(C)C)cc(C(C)(C)C)c3)cccc2[CH]1[Zr]([Cl])([Cl])([CH]1C(CC)=Cc2c(-c3cc(C(C)(C)C)cc(C(C)(C)C)c3)cccc21)[SiH](C)C. The van der Waals surface area contributed by atoms with Crippen molar-refractivity contribution in [2.75, 3.05) is 0 Å². The second-order valence-electron chi connectivity index (χ2n) is 21.6. The van der Waals surface area contributed by atoms with Crippen LogP contribution >= 0.6 is 17.0 Å². The first-order valence-corrected chi connectivity index (χ1v) is 37.6. The zero-order chi connectivity index (χ0) is 41.6. The molecule has 0 amide bonds. The average molecular weight is 884 g/mol. The van der Waals surface area contributed by atoms with Crippen molar-refractivity contribution in [1.29, 1.82) is 0 Å². The van der Waals surface area contributed by atoms with E-state index in [1.807, 2.05) is 0 Å². The van der Waals surface area contributed by atoms with Gasteiger partial charge >= 0.3 is 353 Å². The Morgan fingerprint density at radius 2 is 0.804 bits per heavy atom. The van der Waals surface area contributed by atoms with E-state index in [9.17, 15) is 0 Å². The van der Waals surface area contributed by atoms with Gasteiger partial charge in [0.1, 0.15) is 0 Å². The summed E-state index contributed by atoms with van der Waals surface area (Å²) in [7, 11) is 17.7. The molecule has 0 saturated heterocycles. The summed E-state index contributed by atoms with van der Waals surface area (Å²) in [6.45, 7) is 37.5. The Bertz CT molecular complexity index is 2020. The Morgan fingerprint density at radius 3 is 1.05 bits per heavy atom. The molecule has 0 bridgehead atoms. The molecule has 2 aliphatic carbocycles. The van der Waals surface area contributed by atoms with Crippen molar-refractivity contribution < 1.29 is 15.6 Å². The third-order valence-electron chi connectivity index (χ3n) is 13.3. The van der Waals surface area contributed by atoms with Crippen LogP contribution in [0.3, 0.4) is 0 Å². The van der Waals surface area contributed by atoms with Crippen LogP contribution in [0.2, 0.25) is 13.1 Å². The minimum absolute atomic E-state index is 0.0338. The standard InChI is InChI=1S/2C25H31.C2H7Si.2ClH.Zr/c2*1-8-17-12-18-10-9-11-22(23(18)13-17)19-14-20(24(2,3)4)16-21(15-19)25(5,6)7;1-3-2;;;/h2*9-16H,8H2,1-7H3;3H,1-2H3;2*1H;/q;;;;;+2/p-2. The molecule has 0 heterocycles. The van der Waals surface area contributed by atoms with Crippen LogP contribution in [0.4, 0.5) is 0 Å². The number of hydrogen-bond donors (Lipinski definition) is 0. The van der Waals surface area contributed by atoms with Crippen LogP contribution in [0.15, 0.2) is 83.9 Å². The van der Waals surface area contributed by atoms with Crippen LogP contribution in [-0.2, 0) is 37.2 Å². The first-order chi connectivity index (χ1) is 25.7. The van der Waals surface area contributed by atoms with Gasteiger partial charge in [0, 0.05) is 0 Å². The van der Waals surface area contributed by atoms with Gasteiger partial charge in [0.25, 0.3) is 0 Å². The van der Waals surface area contributed by atoms with Gasteiger partial charge in [0.05, 0.1) is 0 Å². The second-order valence-corrected chi connectivity index (χ2v) is 64.1. The summed E-state index contributed by atoms with van der Waals surface area (Å²) in [5.41, 5.74) is 19.1. The summed E-state index contributed by atoms with van der Waals surface area (Å²) >= 11 is -4.93. The van der Waals surface area contributed by atoms with Crippen LogP contribution in [0.25, 0.3) is 34.4 Å². The number of hydrogen-bond acceptors (Lipinski definition) is 0. The summed E-state index contributed by atoms with van der Waals surface area (Å²) in [5.74, 6) is -1.69. The Labute approximate surface area is 350 Å². The van der Waals surface area contributed by atoms with Gasteiger partial charge in [0.15, 0.2) is 0 Å². The van der Waals surface area contributed by atoms with E-state index in [4.69, 9.17) is 17.0 Å². The molecule has 0 spiro atoms. The van der Waals surface area contributed by atoms with E-state index in [1.54, 1.807) is 0 Å². The molecule has 2 atom stereocenters. The van der Waals surface area contributed by atoms with Gasteiger partial charge in [-0.3, -0.25) is 0 Å². The number of fused-ring (bicyclic) bond motifs is 2. The van der Waals surface area contributed by atoms with Crippen molar-refractivity contribution in [2.24, 2.45) is 0 Å². The molecule has 0 aromatic heterocycles. The third-order valence-corrected chi connectivity index (χ3v) is 65.1. The Morgan fingerprint density at radius 1 is 0.500 bits per heavy atom. The second kappa shape index (κ2) is 14.6. The summed E-state index contributed by atoms with van der Waals surface area (Å²) < 4.78 is 0.149. The first kappa shape index (κ1) is 43.6. The molecular weight excluding hydrogens is 815 g/mol. The predicted octanol–water partition coefficient (Wildman–Crippen LogP) is 16.6. The van der Waals surface area contributed by atoms with Crippen molar-refractivity contribution in [3.63, 3.8) is 0 Å². The first-order valence-electron chi connectivity index (χ1n) is 21.3. The van der Waals surface area contributed by atoms with Gasteiger partial charge in [-0.2, -0.15) is 0 Å². The molecule has 6 rings (SSSR count). The van der Waals surface area contributed by atoms with E-state index in [0.717, 1.165) is 12.8 Å². The Hall–Kier alpha value is -1.96. The van der Waals surface area contributed by atoms with Crippen molar-refractivity contribution in [3.05, 3.63) is 128 Å². The topological polar surface area (TPSA) is 0 Å². The fourth-order valence-corrected chi connectivity index (χ4v) is 41.3. The van der Waals surface area contributed by atoms with Crippen molar-refractivity contribution in [2.45, 2.75) is 152 Å². The molecule has 0 saturated carbocycles. The molecule has 2 aliphatic rings. The van der Waals surface area contributed by atoms with Crippen LogP contribution in [0.5, 0.6) is 0 Å². The molecule has 0 nitrogen and oxygen atoms in total. The molecule has 4 aromatic carbocycles. The van der Waals surface area contributed by atoms with Gasteiger partial charge in [-0.15, -0.1) is 0 Å². The van der Waals surface area contributed by atoms with E-state index in [1.165, 1.54) is 77.9 Å². The molecule has 299 valence electrons. The van der Waals surface area contributed by atoms with E-state index in [2.05, 4.69) is 195 Å². The molecular formula is C52H69Cl2SiZr. The fraction of sp³-hybridized carbons (Fsp3) is 0.462. The van der Waals surface area contributed by atoms with Crippen LogP contribution in [0, 0.1) is 0 Å². The maximum atomic E-state index is 8.84. The summed E-state index contributed by atoms with van der Waals surface area (Å²) in [6, 6.07) is 28.6. The summed E-state index contributed by atoms with van der Waals surface area (Å²) in [4.78, 5) is 0. The van der Waals surface area contributed by atoms with Gasteiger partial charge in [-0.1, -0.05) is 0 Å². The zero-order valence-corrected chi connectivity index (χ0v) is 42.6. The quantitative estimate of drug-likeness (QED) is 0.162. The average Bonchev–Trinajstić information content (AvgIpc) is 3.69. The van der Waals surface area contributed by atoms with Crippen LogP contribution in [0.1, 0.15) is 162 Å². The number of rotatable bonds is 7. The van der Waals surface area contributed by atoms with E-state index in [0.29, 0.717) is 0 Å². The fourth-order valence-electron chi connectivity index (χ4n) is 9.48. The molecule has 4 aromatic rings. The van der Waals surface area contributed by atoms with Gasteiger partial charge < -0.3 is 0 Å². The Kier molecular flexibility index (Phi) is 11.4. The zero-order valence-electron chi connectivity index (χ0n) is 37.5. The molecule has 0 N–H and O–H groups in total. The van der Waals surface area contributed by atoms with Gasteiger partial charge in [0.2, 0.25) is 0 Å². The number of halogens is 2. The molecule has 0 aliphatic heterocycles. The minimum atomic E-state index is -4.93. The molecule has 4 heteroatoms. The maximum absolute atomic E-state index is 8.84. The molecule has 2 unspecified atom stereocenters. The van der Waals surface area contributed by atoms with Crippen molar-refractivity contribution >= 4 is 35.1 Å². The van der Waals surface area contributed by atoms with Gasteiger partial charge in [-0.25, -0.2) is 0 Å². The van der Waals surface area contributed by atoms with Crippen molar-refractivity contribution in [3.8, 4) is 22.3 Å². The number of benzene rings is 4. The monoisotopic (exact) mass is 881 g/mol.